The molecule has 1 fully saturated rings. The number of rotatable bonds is 4. The van der Waals surface area contributed by atoms with Gasteiger partial charge in [-0.15, -0.1) is 0 Å². The van der Waals surface area contributed by atoms with Crippen LogP contribution in [0.1, 0.15) is 12.0 Å². The minimum atomic E-state index is -0.843. The van der Waals surface area contributed by atoms with Crippen LogP contribution in [0.5, 0.6) is 0 Å². The fourth-order valence-electron chi connectivity index (χ4n) is 1.96. The summed E-state index contributed by atoms with van der Waals surface area (Å²) in [6, 6.07) is 5.18. The van der Waals surface area contributed by atoms with Crippen LogP contribution in [0.25, 0.3) is 0 Å². The maximum Gasteiger partial charge on any atom is 0.310 e. The first-order chi connectivity index (χ1) is 8.97. The summed E-state index contributed by atoms with van der Waals surface area (Å²) < 4.78 is 0. The van der Waals surface area contributed by atoms with E-state index in [0.717, 1.165) is 5.56 Å². The van der Waals surface area contributed by atoms with Gasteiger partial charge >= 0.3 is 5.97 Å². The Bertz CT molecular complexity index is 513. The summed E-state index contributed by atoms with van der Waals surface area (Å²) in [5.41, 5.74) is 0.870. The van der Waals surface area contributed by atoms with E-state index < -0.39 is 11.9 Å². The average Bonchev–Trinajstić information content (AvgIpc) is 2.25. The molecule has 4 nitrogen and oxygen atoms in total. The van der Waals surface area contributed by atoms with Crippen LogP contribution < -0.4 is 0 Å². The summed E-state index contributed by atoms with van der Waals surface area (Å²) in [5, 5.41) is 9.85. The van der Waals surface area contributed by atoms with Gasteiger partial charge in [0.25, 0.3) is 0 Å². The predicted octanol–water partition coefficient (Wildman–Crippen LogP) is 2.47. The number of hydrogen-bond donors (Lipinski definition) is 1. The highest BCUT2D eigenvalue weighted by Gasteiger charge is 2.35. The summed E-state index contributed by atoms with van der Waals surface area (Å²) in [6.45, 7) is 0.616. The van der Waals surface area contributed by atoms with Crippen molar-refractivity contribution in [3.05, 3.63) is 33.8 Å². The number of aryl methyl sites for hydroxylation is 1. The van der Waals surface area contributed by atoms with Crippen molar-refractivity contribution < 1.29 is 14.7 Å². The molecule has 0 bridgehead atoms. The molecule has 1 amide bonds. The number of benzene rings is 1. The molecule has 1 aromatic rings. The number of nitrogens with zero attached hydrogens (tertiary/aromatic N) is 1. The Balaban J connectivity index is 1.83. The molecule has 1 aliphatic rings. The summed E-state index contributed by atoms with van der Waals surface area (Å²) in [4.78, 5) is 24.0. The van der Waals surface area contributed by atoms with Gasteiger partial charge < -0.3 is 10.0 Å². The Labute approximate surface area is 120 Å². The highest BCUT2D eigenvalue weighted by Crippen LogP contribution is 2.23. The van der Waals surface area contributed by atoms with E-state index in [0.29, 0.717) is 36.0 Å². The first kappa shape index (κ1) is 14.2. The normalized spacial score (nSPS) is 15.2. The maximum absolute atomic E-state index is 11.8. The average molecular weight is 302 g/mol. The van der Waals surface area contributed by atoms with Crippen LogP contribution in [0.3, 0.4) is 0 Å². The van der Waals surface area contributed by atoms with E-state index in [2.05, 4.69) is 0 Å². The molecule has 0 unspecified atom stereocenters. The maximum atomic E-state index is 11.8. The largest absolute Gasteiger partial charge is 0.481 e. The molecule has 0 radical (unpaired) electrons. The number of hydrogen-bond acceptors (Lipinski definition) is 2. The SMILES string of the molecule is O=C(O)C1CN(C(=O)CCc2ccc(Cl)cc2Cl)C1. The van der Waals surface area contributed by atoms with Crippen molar-refractivity contribution in [2.45, 2.75) is 12.8 Å². The standard InChI is InChI=1S/C13H13Cl2NO3/c14-10-3-1-8(11(15)5-10)2-4-12(17)16-6-9(7-16)13(18)19/h1,3,5,9H,2,4,6-7H2,(H,18,19). The van der Waals surface area contributed by atoms with Gasteiger partial charge in [0.05, 0.1) is 5.92 Å². The Kier molecular flexibility index (Phi) is 4.32. The van der Waals surface area contributed by atoms with Gasteiger partial charge in [-0.1, -0.05) is 29.3 Å². The number of likely N-dealkylation sites (tertiary alicyclic amines) is 1. The molecule has 0 saturated carbocycles. The molecule has 0 aliphatic carbocycles. The molecule has 0 atom stereocenters. The van der Waals surface area contributed by atoms with Crippen molar-refractivity contribution in [2.24, 2.45) is 5.92 Å². The van der Waals surface area contributed by atoms with E-state index in [9.17, 15) is 9.59 Å². The summed E-state index contributed by atoms with van der Waals surface area (Å²) >= 11 is 11.8. The minimum absolute atomic E-state index is 0.0384. The number of halogens is 2. The molecule has 102 valence electrons. The number of amides is 1. The third-order valence-electron chi connectivity index (χ3n) is 3.21. The number of carboxylic acids is 1. The topological polar surface area (TPSA) is 57.6 Å². The van der Waals surface area contributed by atoms with E-state index in [1.807, 2.05) is 0 Å². The Morgan fingerprint density at radius 1 is 1.32 bits per heavy atom. The summed E-state index contributed by atoms with van der Waals surface area (Å²) in [6.07, 6.45) is 0.858. The molecule has 1 aromatic carbocycles. The lowest BCUT2D eigenvalue weighted by molar-refractivity contribution is -0.152. The van der Waals surface area contributed by atoms with Crippen molar-refractivity contribution in [2.75, 3.05) is 13.1 Å². The van der Waals surface area contributed by atoms with Crippen molar-refractivity contribution in [3.8, 4) is 0 Å². The van der Waals surface area contributed by atoms with Gasteiger partial charge in [0.1, 0.15) is 0 Å². The second-order valence-corrected chi connectivity index (χ2v) is 5.41. The zero-order valence-electron chi connectivity index (χ0n) is 10.1. The van der Waals surface area contributed by atoms with Gasteiger partial charge in [-0.2, -0.15) is 0 Å². The Hall–Kier alpha value is -1.26. The number of carbonyl (C=O) groups excluding carboxylic acids is 1. The van der Waals surface area contributed by atoms with E-state index >= 15 is 0 Å². The monoisotopic (exact) mass is 301 g/mol. The highest BCUT2D eigenvalue weighted by atomic mass is 35.5. The predicted molar refractivity (Wildman–Crippen MR) is 72.5 cm³/mol. The summed E-state index contributed by atoms with van der Waals surface area (Å²) in [7, 11) is 0. The molecular weight excluding hydrogens is 289 g/mol. The van der Waals surface area contributed by atoms with Crippen molar-refractivity contribution in [1.29, 1.82) is 0 Å². The zero-order valence-corrected chi connectivity index (χ0v) is 11.6. The summed E-state index contributed by atoms with van der Waals surface area (Å²) in [5.74, 6) is -1.30. The third-order valence-corrected chi connectivity index (χ3v) is 3.79. The van der Waals surface area contributed by atoms with Crippen LogP contribution in [0, 0.1) is 5.92 Å². The molecule has 2 rings (SSSR count). The molecule has 1 N–H and O–H groups in total. The molecule has 6 heteroatoms. The first-order valence-corrected chi connectivity index (χ1v) is 6.67. The first-order valence-electron chi connectivity index (χ1n) is 5.92. The zero-order chi connectivity index (χ0) is 14.0. The van der Waals surface area contributed by atoms with Gasteiger partial charge in [0, 0.05) is 29.6 Å². The third kappa shape index (κ3) is 3.39. The fraction of sp³-hybridized carbons (Fsp3) is 0.385. The highest BCUT2D eigenvalue weighted by molar-refractivity contribution is 6.35. The van der Waals surface area contributed by atoms with E-state index in [1.165, 1.54) is 0 Å². The molecule has 19 heavy (non-hydrogen) atoms. The molecule has 0 spiro atoms. The van der Waals surface area contributed by atoms with E-state index in [-0.39, 0.29) is 5.91 Å². The second kappa shape index (κ2) is 5.80. The van der Waals surface area contributed by atoms with Gasteiger partial charge in [-0.3, -0.25) is 9.59 Å². The number of carboxylic acid groups (broad SMARTS) is 1. The van der Waals surface area contributed by atoms with Gasteiger partial charge in [0.15, 0.2) is 0 Å². The van der Waals surface area contributed by atoms with Crippen LogP contribution in [-0.2, 0) is 16.0 Å². The molecular formula is C13H13Cl2NO3. The lowest BCUT2D eigenvalue weighted by Gasteiger charge is -2.36. The Morgan fingerprint density at radius 2 is 2.00 bits per heavy atom. The van der Waals surface area contributed by atoms with Crippen molar-refractivity contribution >= 4 is 35.1 Å². The minimum Gasteiger partial charge on any atom is -0.481 e. The van der Waals surface area contributed by atoms with E-state index in [1.54, 1.807) is 23.1 Å². The van der Waals surface area contributed by atoms with Crippen LogP contribution in [0.4, 0.5) is 0 Å². The number of carbonyl (C=O) groups is 2. The van der Waals surface area contributed by atoms with Gasteiger partial charge in [0.2, 0.25) is 5.91 Å². The van der Waals surface area contributed by atoms with Crippen LogP contribution in [0.2, 0.25) is 10.0 Å². The van der Waals surface area contributed by atoms with Crippen LogP contribution in [0.15, 0.2) is 18.2 Å². The van der Waals surface area contributed by atoms with Gasteiger partial charge in [-0.05, 0) is 24.1 Å². The smallest absolute Gasteiger partial charge is 0.310 e. The molecule has 0 aromatic heterocycles. The van der Waals surface area contributed by atoms with Crippen molar-refractivity contribution in [3.63, 3.8) is 0 Å². The Morgan fingerprint density at radius 3 is 2.58 bits per heavy atom. The molecule has 1 aliphatic heterocycles. The quantitative estimate of drug-likeness (QED) is 0.929. The van der Waals surface area contributed by atoms with Crippen molar-refractivity contribution in [1.82, 2.24) is 4.90 Å². The van der Waals surface area contributed by atoms with Crippen LogP contribution in [-0.4, -0.2) is 35.0 Å². The second-order valence-electron chi connectivity index (χ2n) is 4.57. The fourth-order valence-corrected chi connectivity index (χ4v) is 2.47. The molecule has 1 heterocycles. The van der Waals surface area contributed by atoms with Crippen LogP contribution >= 0.6 is 23.2 Å². The lowest BCUT2D eigenvalue weighted by Crippen LogP contribution is -2.53. The molecule has 1 saturated heterocycles. The van der Waals surface area contributed by atoms with Gasteiger partial charge in [-0.25, -0.2) is 0 Å². The van der Waals surface area contributed by atoms with E-state index in [4.69, 9.17) is 28.3 Å². The lowest BCUT2D eigenvalue weighted by atomic mass is 9.99. The number of aliphatic carboxylic acids is 1.